The summed E-state index contributed by atoms with van der Waals surface area (Å²) in [6, 6.07) is 11.9. The molecule has 6 aromatic heterocycles. The Balaban J connectivity index is 0.000000507. The molecule has 0 bridgehead atoms. The quantitative estimate of drug-likeness (QED) is 0.137. The van der Waals surface area contributed by atoms with Crippen molar-refractivity contribution in [1.82, 2.24) is 79.9 Å². The zero-order valence-electron chi connectivity index (χ0n) is 60.3. The summed E-state index contributed by atoms with van der Waals surface area (Å²) in [6.07, 6.45) is 17.9. The molecule has 0 saturated carbocycles. The van der Waals surface area contributed by atoms with E-state index in [1.165, 1.54) is 45.7 Å². The van der Waals surface area contributed by atoms with Gasteiger partial charge in [-0.05, 0) is 159 Å². The Labute approximate surface area is 565 Å². The average Bonchev–Trinajstić information content (AvgIpc) is 4.50. The number of hydrazone groups is 6. The third-order valence-electron chi connectivity index (χ3n) is 11.8. The van der Waals surface area contributed by atoms with Crippen LogP contribution in [0.5, 0.6) is 0 Å². The van der Waals surface area contributed by atoms with Gasteiger partial charge in [-0.15, -0.1) is 22.0 Å². The van der Waals surface area contributed by atoms with E-state index in [0.29, 0.717) is 6.73 Å². The minimum absolute atomic E-state index is 0.603. The molecule has 0 amide bonds. The van der Waals surface area contributed by atoms with Crippen molar-refractivity contribution in [3.63, 3.8) is 0 Å². The Kier molecular flexibility index (Phi) is 43.1. The highest BCUT2D eigenvalue weighted by molar-refractivity contribution is 8.14. The predicted molar refractivity (Wildman–Crippen MR) is 389 cm³/mol. The van der Waals surface area contributed by atoms with Gasteiger partial charge >= 0.3 is 0 Å². The van der Waals surface area contributed by atoms with Crippen molar-refractivity contribution in [3.05, 3.63) is 154 Å². The number of aromatic nitrogens is 10. The fraction of sp³-hybridized carbons (Fsp3) is 0.522. The summed E-state index contributed by atoms with van der Waals surface area (Å²) in [5.41, 5.74) is 13.0. The minimum atomic E-state index is 0.603. The molecule has 0 aromatic carbocycles. The van der Waals surface area contributed by atoms with Gasteiger partial charge in [0, 0.05) is 172 Å². The Morgan fingerprint density at radius 3 is 1.16 bits per heavy atom. The summed E-state index contributed by atoms with van der Waals surface area (Å²) in [5, 5.41) is 38.4. The molecule has 6 aliphatic heterocycles. The van der Waals surface area contributed by atoms with Crippen LogP contribution in [-0.2, 0) is 9.47 Å². The van der Waals surface area contributed by atoms with Crippen molar-refractivity contribution in [2.24, 2.45) is 30.6 Å². The molecule has 24 nitrogen and oxygen atoms in total. The number of nitrogens with zero attached hydrogens (tertiary/aromatic N) is 22. The Bertz CT molecular complexity index is 2730. The molecule has 0 radical (unpaired) electrons. The molecule has 0 spiro atoms. The number of aryl methyl sites for hydroxylation is 12. The monoisotopic (exact) mass is 1320 g/mol. The number of pyridine rings is 2. The van der Waals surface area contributed by atoms with Crippen LogP contribution >= 0.6 is 23.5 Å². The lowest BCUT2D eigenvalue weighted by Gasteiger charge is -2.19. The van der Waals surface area contributed by atoms with E-state index in [4.69, 9.17) is 9.47 Å². The average molecular weight is 1320 g/mol. The molecule has 6 aliphatic rings. The van der Waals surface area contributed by atoms with Gasteiger partial charge in [0.25, 0.3) is 0 Å². The highest BCUT2D eigenvalue weighted by atomic mass is 32.2. The molecule has 0 unspecified atom stereocenters. The van der Waals surface area contributed by atoms with E-state index >= 15 is 0 Å². The largest absolute Gasteiger partial charge is 0.478 e. The third-order valence-corrected chi connectivity index (χ3v) is 13.7. The first-order chi connectivity index (χ1) is 44.0. The summed E-state index contributed by atoms with van der Waals surface area (Å²) in [4.78, 5) is 40.2. The molecule has 6 aromatic rings. The van der Waals surface area contributed by atoms with Gasteiger partial charge in [0.15, 0.2) is 6.73 Å². The van der Waals surface area contributed by atoms with Crippen molar-refractivity contribution in [2.45, 2.75) is 144 Å². The maximum Gasteiger partial charge on any atom is 0.204 e. The SMILES string of the molecule is CC1=NN(C)CC1.CC1=NN(C)CCC1.CC1=NN(C)CCO1.CC1=NN(C)CCS1.CC1=NN(C)CO1.CC1=NN(C)CS1.Cc1ccc(C)nc1.Cc1cccc(C)n1.Cc1ccnc(C)n1.Cc1cnc(C)cn1.Cc1cnc(C)nc1.Cc1cncc(C)n1. The zero-order valence-corrected chi connectivity index (χ0v) is 62.0. The minimum Gasteiger partial charge on any atom is -0.478 e. The van der Waals surface area contributed by atoms with Gasteiger partial charge in [0.05, 0.1) is 45.3 Å². The topological polar surface area (TPSA) is 241 Å². The van der Waals surface area contributed by atoms with Crippen LogP contribution in [0.1, 0.15) is 129 Å². The molecule has 0 fully saturated rings. The lowest BCUT2D eigenvalue weighted by molar-refractivity contribution is 0.189. The number of likely N-dealkylation sites (N-methyl/N-ethyl adjacent to an activating group) is 1. The van der Waals surface area contributed by atoms with Crippen LogP contribution in [-0.4, -0.2) is 207 Å². The normalized spacial score (nSPS) is 14.5. The lowest BCUT2D eigenvalue weighted by atomic mass is 10.2. The smallest absolute Gasteiger partial charge is 0.204 e. The fourth-order valence-electron chi connectivity index (χ4n) is 7.23. The lowest BCUT2D eigenvalue weighted by Crippen LogP contribution is -2.25. The van der Waals surface area contributed by atoms with Crippen LogP contribution in [0.25, 0.3) is 0 Å². The molecule has 0 atom stereocenters. The summed E-state index contributed by atoms with van der Waals surface area (Å²) < 4.78 is 10.00. The van der Waals surface area contributed by atoms with Crippen molar-refractivity contribution in [1.29, 1.82) is 0 Å². The number of thioether (sulfide) groups is 2. The second-order valence-corrected chi connectivity index (χ2v) is 24.6. The van der Waals surface area contributed by atoms with Crippen LogP contribution in [0.15, 0.2) is 117 Å². The molecule has 26 heteroatoms. The van der Waals surface area contributed by atoms with Crippen molar-refractivity contribution >= 4 is 56.8 Å². The molecule has 510 valence electrons. The predicted octanol–water partition coefficient (Wildman–Crippen LogP) is 12.0. The van der Waals surface area contributed by atoms with Crippen molar-refractivity contribution < 1.29 is 9.47 Å². The third kappa shape index (κ3) is 47.3. The van der Waals surface area contributed by atoms with Crippen LogP contribution in [0, 0.1) is 83.1 Å². The fourth-order valence-corrected chi connectivity index (χ4v) is 8.70. The van der Waals surface area contributed by atoms with E-state index in [0.717, 1.165) is 120 Å². The first-order valence-corrected chi connectivity index (χ1v) is 32.8. The number of ether oxygens (including phenoxy) is 2. The van der Waals surface area contributed by atoms with Gasteiger partial charge in [0.1, 0.15) is 18.3 Å². The van der Waals surface area contributed by atoms with E-state index in [9.17, 15) is 0 Å². The summed E-state index contributed by atoms with van der Waals surface area (Å²) in [7, 11) is 11.8. The molecule has 0 aliphatic carbocycles. The van der Waals surface area contributed by atoms with Gasteiger partial charge in [-0.2, -0.15) is 20.4 Å². The number of hydrogen-bond donors (Lipinski definition) is 0. The standard InChI is InChI=1S/2C7H9N.3C6H8N2.C6H12N2.C6H8N2.C5H10N2O.C5H10N2S.C5H10N2.C4H8N2O.C4H8N2S/c1-6-3-4-7(2)8-5-6;1-6-4-3-5-7(2)8-6;1-5-3-8-6(2)4-7-5;1-5-3-7-4-6(2)8-5;1-5-3-7-6(2)8-4-5;1-6-4-3-5-8(2)7-6;1-5-3-4-7-6(2)8-5;2*1-5-6-7(2)3-4-8-5;1-5-3-4-7(2)6-5;2*1-4-5-6(2)3-7-4/h2*3-5H,1-2H3;3*3-4H,1-2H3;3-5H2,1-2H3;3-4H,1-2H3;2*3-4H2,1-2H3;3-4H2,1-2H3;2*3H2,1-2H3. The zero-order chi connectivity index (χ0) is 69.7. The first-order valence-electron chi connectivity index (χ1n) is 30.8. The summed E-state index contributed by atoms with van der Waals surface area (Å²) >= 11 is 3.61. The summed E-state index contributed by atoms with van der Waals surface area (Å²) in [5.74, 6) is 5.39. The molecular weight excluding hydrogens is 1210 g/mol. The van der Waals surface area contributed by atoms with E-state index in [-0.39, 0.29) is 0 Å². The molecule has 0 saturated heterocycles. The van der Waals surface area contributed by atoms with Gasteiger partial charge in [-0.1, -0.05) is 23.9 Å². The van der Waals surface area contributed by atoms with E-state index in [2.05, 4.69) is 100 Å². The van der Waals surface area contributed by atoms with Crippen LogP contribution in [0.2, 0.25) is 0 Å². The Morgan fingerprint density at radius 2 is 0.871 bits per heavy atom. The van der Waals surface area contributed by atoms with Gasteiger partial charge in [-0.3, -0.25) is 54.9 Å². The maximum atomic E-state index is 5.06. The summed E-state index contributed by atoms with van der Waals surface area (Å²) in [6.45, 7) is 40.9. The van der Waals surface area contributed by atoms with Crippen LogP contribution < -0.4 is 0 Å². The van der Waals surface area contributed by atoms with Gasteiger partial charge in [0.2, 0.25) is 11.8 Å². The number of hydrogen-bond acceptors (Lipinski definition) is 26. The van der Waals surface area contributed by atoms with E-state index < -0.39 is 0 Å². The molecule has 12 rings (SSSR count). The van der Waals surface area contributed by atoms with Crippen molar-refractivity contribution in [3.8, 4) is 0 Å². The van der Waals surface area contributed by atoms with Crippen LogP contribution in [0.3, 0.4) is 0 Å². The van der Waals surface area contributed by atoms with Crippen molar-refractivity contribution in [2.75, 3.05) is 93.4 Å². The first kappa shape index (κ1) is 82.8. The van der Waals surface area contributed by atoms with Gasteiger partial charge in [-0.25, -0.2) is 19.9 Å². The molecular formula is C67H108N22O2S2. The molecule has 93 heavy (non-hydrogen) atoms. The maximum absolute atomic E-state index is 5.06. The van der Waals surface area contributed by atoms with Gasteiger partial charge < -0.3 is 14.5 Å². The highest BCUT2D eigenvalue weighted by Gasteiger charge is 2.07. The van der Waals surface area contributed by atoms with Crippen LogP contribution in [0.4, 0.5) is 0 Å². The molecule has 12 heterocycles. The number of rotatable bonds is 0. The second-order valence-electron chi connectivity index (χ2n) is 22.1. The Hall–Kier alpha value is -8.26. The van der Waals surface area contributed by atoms with E-state index in [1.807, 2.05) is 239 Å². The highest BCUT2D eigenvalue weighted by Crippen LogP contribution is 2.13. The Morgan fingerprint density at radius 1 is 0.366 bits per heavy atom. The second kappa shape index (κ2) is 48.5. The van der Waals surface area contributed by atoms with E-state index in [1.54, 1.807) is 47.8 Å². The molecule has 0 N–H and O–H groups in total.